The zero-order chi connectivity index (χ0) is 21.3. The van der Waals surface area contributed by atoms with Crippen LogP contribution in [-0.2, 0) is 9.53 Å². The number of benzene rings is 1. The minimum absolute atomic E-state index is 0.000258. The van der Waals surface area contributed by atoms with Gasteiger partial charge in [-0.2, -0.15) is 0 Å². The van der Waals surface area contributed by atoms with E-state index in [-0.39, 0.29) is 18.6 Å². The van der Waals surface area contributed by atoms with Crippen LogP contribution in [0.4, 0.5) is 0 Å². The Morgan fingerprint density at radius 3 is 2.60 bits per heavy atom. The Balaban J connectivity index is 1.52. The summed E-state index contributed by atoms with van der Waals surface area (Å²) in [5.74, 6) is 0.718. The highest BCUT2D eigenvalue weighted by Gasteiger charge is 2.24. The lowest BCUT2D eigenvalue weighted by Gasteiger charge is -2.37. The number of likely N-dealkylation sites (N-methyl/N-ethyl adjacent to an activating group) is 1. The Bertz CT molecular complexity index is 680. The molecule has 3 rings (SSSR count). The van der Waals surface area contributed by atoms with Crippen molar-refractivity contribution in [2.45, 2.75) is 50.8 Å². The fourth-order valence-corrected chi connectivity index (χ4v) is 4.02. The third kappa shape index (κ3) is 6.71. The maximum atomic E-state index is 12.0. The maximum Gasteiger partial charge on any atom is 0.243 e. The summed E-state index contributed by atoms with van der Waals surface area (Å²) >= 11 is 0. The normalized spacial score (nSPS) is 22.0. The van der Waals surface area contributed by atoms with Crippen LogP contribution < -0.4 is 10.6 Å². The van der Waals surface area contributed by atoms with Crippen LogP contribution in [0.15, 0.2) is 35.3 Å². The van der Waals surface area contributed by atoms with Crippen molar-refractivity contribution >= 4 is 11.9 Å². The second kappa shape index (κ2) is 11.3. The van der Waals surface area contributed by atoms with Gasteiger partial charge in [0, 0.05) is 52.4 Å². The first-order valence-corrected chi connectivity index (χ1v) is 11.2. The first kappa shape index (κ1) is 22.6. The monoisotopic (exact) mass is 415 g/mol. The van der Waals surface area contributed by atoms with Gasteiger partial charge in [0.2, 0.25) is 5.91 Å². The summed E-state index contributed by atoms with van der Waals surface area (Å²) in [5.41, 5.74) is 1.37. The Kier molecular flexibility index (Phi) is 8.51. The van der Waals surface area contributed by atoms with E-state index in [1.807, 2.05) is 0 Å². The van der Waals surface area contributed by atoms with E-state index in [0.29, 0.717) is 12.1 Å². The molecule has 7 heteroatoms. The Morgan fingerprint density at radius 1 is 1.23 bits per heavy atom. The second-order valence-electron chi connectivity index (χ2n) is 8.51. The zero-order valence-corrected chi connectivity index (χ0v) is 18.6. The highest BCUT2D eigenvalue weighted by atomic mass is 16.5. The molecular weight excluding hydrogens is 378 g/mol. The number of nitrogens with zero attached hydrogens (tertiary/aromatic N) is 3. The molecule has 2 N–H and O–H groups in total. The summed E-state index contributed by atoms with van der Waals surface area (Å²) < 4.78 is 5.71. The van der Waals surface area contributed by atoms with Crippen molar-refractivity contribution < 1.29 is 9.53 Å². The molecule has 0 saturated carbocycles. The molecule has 2 aliphatic heterocycles. The molecule has 0 bridgehead atoms. The van der Waals surface area contributed by atoms with Crippen molar-refractivity contribution in [2.24, 2.45) is 4.99 Å². The molecule has 2 atom stereocenters. The minimum Gasteiger partial charge on any atom is -0.376 e. The molecule has 0 aliphatic carbocycles. The largest absolute Gasteiger partial charge is 0.376 e. The molecule has 1 aromatic carbocycles. The highest BCUT2D eigenvalue weighted by molar-refractivity contribution is 5.85. The first-order valence-electron chi connectivity index (χ1n) is 11.2. The number of piperidine rings is 1. The summed E-state index contributed by atoms with van der Waals surface area (Å²) in [6, 6.07) is 11.5. The number of nitrogens with one attached hydrogen (secondary N) is 2. The standard InChI is InChI=1S/C23H37N5O2/c1-18(19-8-5-4-6-9-19)28-13-11-20(12-14-28)26-23(25-17-22(29)27(2)3)24-16-21-10-7-15-30-21/h4-6,8-9,18,20-21H,7,10-17H2,1-3H3,(H2,24,25,26). The summed E-state index contributed by atoms with van der Waals surface area (Å²) in [4.78, 5) is 20.6. The number of guanidine groups is 1. The quantitative estimate of drug-likeness (QED) is 0.527. The molecule has 30 heavy (non-hydrogen) atoms. The molecule has 1 aromatic rings. The molecule has 1 amide bonds. The summed E-state index contributed by atoms with van der Waals surface area (Å²) in [6.07, 6.45) is 4.53. The van der Waals surface area contributed by atoms with Crippen LogP contribution in [0.25, 0.3) is 0 Å². The lowest BCUT2D eigenvalue weighted by atomic mass is 10.0. The van der Waals surface area contributed by atoms with E-state index in [1.54, 1.807) is 19.0 Å². The van der Waals surface area contributed by atoms with E-state index in [9.17, 15) is 4.79 Å². The van der Waals surface area contributed by atoms with Crippen molar-refractivity contribution in [3.63, 3.8) is 0 Å². The van der Waals surface area contributed by atoms with Crippen LogP contribution in [0.2, 0.25) is 0 Å². The molecule has 2 saturated heterocycles. The van der Waals surface area contributed by atoms with Gasteiger partial charge in [-0.05, 0) is 38.2 Å². The average Bonchev–Trinajstić information content (AvgIpc) is 3.29. The number of hydrogen-bond acceptors (Lipinski definition) is 4. The number of ether oxygens (including phenoxy) is 1. The molecular formula is C23H37N5O2. The van der Waals surface area contributed by atoms with Gasteiger partial charge in [0.05, 0.1) is 6.10 Å². The third-order valence-corrected chi connectivity index (χ3v) is 6.09. The van der Waals surface area contributed by atoms with Crippen molar-refractivity contribution in [1.29, 1.82) is 0 Å². The van der Waals surface area contributed by atoms with Crippen molar-refractivity contribution in [3.8, 4) is 0 Å². The van der Waals surface area contributed by atoms with Crippen LogP contribution in [0.5, 0.6) is 0 Å². The van der Waals surface area contributed by atoms with E-state index in [0.717, 1.165) is 57.9 Å². The highest BCUT2D eigenvalue weighted by Crippen LogP contribution is 2.24. The van der Waals surface area contributed by atoms with E-state index >= 15 is 0 Å². The second-order valence-corrected chi connectivity index (χ2v) is 8.51. The number of hydrogen-bond donors (Lipinski definition) is 2. The molecule has 2 unspecified atom stereocenters. The van der Waals surface area contributed by atoms with E-state index in [1.165, 1.54) is 5.56 Å². The molecule has 2 fully saturated rings. The molecule has 0 aromatic heterocycles. The predicted octanol–water partition coefficient (Wildman–Crippen LogP) is 2.01. The molecule has 2 heterocycles. The van der Waals surface area contributed by atoms with Gasteiger partial charge in [-0.3, -0.25) is 9.69 Å². The number of amides is 1. The van der Waals surface area contributed by atoms with Crippen molar-refractivity contribution in [3.05, 3.63) is 35.9 Å². The minimum atomic E-state index is -0.000258. The number of carbonyl (C=O) groups excluding carboxylic acids is 1. The summed E-state index contributed by atoms with van der Waals surface area (Å²) in [7, 11) is 3.52. The smallest absolute Gasteiger partial charge is 0.243 e. The lowest BCUT2D eigenvalue weighted by Crippen LogP contribution is -2.50. The predicted molar refractivity (Wildman–Crippen MR) is 121 cm³/mol. The van der Waals surface area contributed by atoms with Crippen LogP contribution in [0.3, 0.4) is 0 Å². The topological polar surface area (TPSA) is 69.2 Å². The number of carbonyl (C=O) groups is 1. The molecule has 7 nitrogen and oxygen atoms in total. The van der Waals surface area contributed by atoms with Crippen LogP contribution in [0, 0.1) is 0 Å². The number of likely N-dealkylation sites (tertiary alicyclic amines) is 1. The fourth-order valence-electron chi connectivity index (χ4n) is 4.02. The molecule has 166 valence electrons. The van der Waals surface area contributed by atoms with E-state index in [4.69, 9.17) is 4.74 Å². The first-order chi connectivity index (χ1) is 14.5. The van der Waals surface area contributed by atoms with E-state index < -0.39 is 0 Å². The van der Waals surface area contributed by atoms with Crippen LogP contribution in [0.1, 0.15) is 44.2 Å². The van der Waals surface area contributed by atoms with Gasteiger partial charge in [0.1, 0.15) is 6.54 Å². The molecule has 0 radical (unpaired) electrons. The Hall–Kier alpha value is -2.12. The maximum absolute atomic E-state index is 12.0. The Morgan fingerprint density at radius 2 is 1.97 bits per heavy atom. The van der Waals surface area contributed by atoms with Gasteiger partial charge in [0.15, 0.2) is 5.96 Å². The number of aliphatic imine (C=N–C) groups is 1. The lowest BCUT2D eigenvalue weighted by molar-refractivity contribution is -0.127. The van der Waals surface area contributed by atoms with Crippen molar-refractivity contribution in [1.82, 2.24) is 20.4 Å². The van der Waals surface area contributed by atoms with Gasteiger partial charge in [-0.1, -0.05) is 30.3 Å². The third-order valence-electron chi connectivity index (χ3n) is 6.09. The number of rotatable bonds is 7. The van der Waals surface area contributed by atoms with Gasteiger partial charge in [-0.25, -0.2) is 4.99 Å². The Labute approximate surface area is 180 Å². The van der Waals surface area contributed by atoms with E-state index in [2.05, 4.69) is 57.8 Å². The fraction of sp³-hybridized carbons (Fsp3) is 0.652. The van der Waals surface area contributed by atoms with Crippen LogP contribution in [-0.4, -0.2) is 80.7 Å². The zero-order valence-electron chi connectivity index (χ0n) is 18.6. The van der Waals surface area contributed by atoms with Gasteiger partial charge >= 0.3 is 0 Å². The summed E-state index contributed by atoms with van der Waals surface area (Å²) in [6.45, 7) is 6.09. The van der Waals surface area contributed by atoms with Gasteiger partial charge in [-0.15, -0.1) is 0 Å². The van der Waals surface area contributed by atoms with Gasteiger partial charge < -0.3 is 20.3 Å². The molecule has 0 spiro atoms. The van der Waals surface area contributed by atoms with Crippen molar-refractivity contribution in [2.75, 3.05) is 46.9 Å². The summed E-state index contributed by atoms with van der Waals surface area (Å²) in [5, 5.41) is 6.95. The SMILES string of the molecule is CC(c1ccccc1)N1CCC(NC(=NCC(=O)N(C)C)NCC2CCCO2)CC1. The van der Waals surface area contributed by atoms with Gasteiger partial charge in [0.25, 0.3) is 0 Å². The van der Waals surface area contributed by atoms with Crippen LogP contribution >= 0.6 is 0 Å². The average molecular weight is 416 g/mol. The molecule has 2 aliphatic rings.